The van der Waals surface area contributed by atoms with Crippen LogP contribution in [0.5, 0.6) is 0 Å². The lowest BCUT2D eigenvalue weighted by Crippen LogP contribution is -2.36. The molecule has 0 amide bonds. The summed E-state index contributed by atoms with van der Waals surface area (Å²) in [5.74, 6) is 0. The lowest BCUT2D eigenvalue weighted by molar-refractivity contribution is 0.429. The smallest absolute Gasteiger partial charge is 0.0332 e. The lowest BCUT2D eigenvalue weighted by Gasteiger charge is -2.25. The first-order valence-corrected chi connectivity index (χ1v) is 7.34. The van der Waals surface area contributed by atoms with Crippen LogP contribution in [0.2, 0.25) is 0 Å². The molecule has 2 atom stereocenters. The Bertz CT molecular complexity index is 341. The molecule has 1 aromatic heterocycles. The van der Waals surface area contributed by atoms with Gasteiger partial charge in [-0.05, 0) is 55.7 Å². The molecule has 0 spiro atoms. The van der Waals surface area contributed by atoms with E-state index in [1.54, 1.807) is 10.4 Å². The molecule has 2 heterocycles. The molecule has 1 aliphatic carbocycles. The summed E-state index contributed by atoms with van der Waals surface area (Å²) < 4.78 is 0. The highest BCUT2D eigenvalue weighted by molar-refractivity contribution is 7.10. The van der Waals surface area contributed by atoms with Crippen molar-refractivity contribution in [2.75, 3.05) is 13.1 Å². The first-order valence-electron chi connectivity index (χ1n) is 6.46. The number of aryl methyl sites for hydroxylation is 1. The zero-order chi connectivity index (χ0) is 10.8. The van der Waals surface area contributed by atoms with Crippen molar-refractivity contribution in [1.29, 1.82) is 0 Å². The van der Waals surface area contributed by atoms with Crippen LogP contribution in [0.4, 0.5) is 0 Å². The van der Waals surface area contributed by atoms with Crippen LogP contribution in [0, 0.1) is 0 Å². The van der Waals surface area contributed by atoms with Gasteiger partial charge in [0.2, 0.25) is 0 Å². The van der Waals surface area contributed by atoms with Gasteiger partial charge in [0.15, 0.2) is 0 Å². The number of fused-ring (bicyclic) bond motifs is 1. The Kier molecular flexibility index (Phi) is 3.27. The van der Waals surface area contributed by atoms with Crippen LogP contribution >= 0.6 is 11.3 Å². The van der Waals surface area contributed by atoms with Gasteiger partial charge in [0.05, 0.1) is 0 Å². The van der Waals surface area contributed by atoms with Gasteiger partial charge in [-0.15, -0.1) is 11.3 Å². The second-order valence-corrected chi connectivity index (χ2v) is 5.95. The Balaban J connectivity index is 1.59. The second kappa shape index (κ2) is 4.86. The number of hydrogen-bond acceptors (Lipinski definition) is 3. The maximum Gasteiger partial charge on any atom is 0.0332 e. The van der Waals surface area contributed by atoms with Gasteiger partial charge in [0.25, 0.3) is 0 Å². The first-order chi connectivity index (χ1) is 7.93. The number of nitrogens with one attached hydrogen (secondary N) is 2. The molecule has 1 saturated heterocycles. The van der Waals surface area contributed by atoms with E-state index in [9.17, 15) is 0 Å². The van der Waals surface area contributed by atoms with E-state index in [1.165, 1.54) is 38.6 Å². The fourth-order valence-corrected chi connectivity index (χ4v) is 3.90. The Hall–Kier alpha value is -0.380. The minimum Gasteiger partial charge on any atom is -0.313 e. The van der Waals surface area contributed by atoms with Crippen molar-refractivity contribution in [1.82, 2.24) is 10.6 Å². The van der Waals surface area contributed by atoms with Crippen LogP contribution in [0.15, 0.2) is 11.4 Å². The fraction of sp³-hybridized carbons (Fsp3) is 0.692. The van der Waals surface area contributed by atoms with E-state index < -0.39 is 0 Å². The van der Waals surface area contributed by atoms with E-state index in [1.807, 2.05) is 11.3 Å². The minimum atomic E-state index is 0.623. The number of rotatable bonds is 3. The lowest BCUT2D eigenvalue weighted by atomic mass is 9.94. The van der Waals surface area contributed by atoms with E-state index in [0.29, 0.717) is 12.1 Å². The van der Waals surface area contributed by atoms with Gasteiger partial charge in [-0.2, -0.15) is 0 Å². The van der Waals surface area contributed by atoms with Crippen LogP contribution < -0.4 is 10.6 Å². The third kappa shape index (κ3) is 2.17. The Morgan fingerprint density at radius 3 is 3.25 bits per heavy atom. The monoisotopic (exact) mass is 236 g/mol. The summed E-state index contributed by atoms with van der Waals surface area (Å²) in [6.45, 7) is 2.35. The van der Waals surface area contributed by atoms with Crippen LogP contribution in [-0.4, -0.2) is 19.1 Å². The van der Waals surface area contributed by atoms with E-state index in [4.69, 9.17) is 0 Å². The zero-order valence-corrected chi connectivity index (χ0v) is 10.5. The van der Waals surface area contributed by atoms with Gasteiger partial charge in [-0.25, -0.2) is 0 Å². The van der Waals surface area contributed by atoms with Crippen molar-refractivity contribution in [2.24, 2.45) is 0 Å². The molecule has 2 aliphatic rings. The quantitative estimate of drug-likeness (QED) is 0.842. The molecule has 1 aromatic rings. The molecular weight excluding hydrogens is 216 g/mol. The average molecular weight is 236 g/mol. The van der Waals surface area contributed by atoms with E-state index in [0.717, 1.165) is 6.54 Å². The molecule has 0 bridgehead atoms. The summed E-state index contributed by atoms with van der Waals surface area (Å²) in [6.07, 6.45) is 6.66. The van der Waals surface area contributed by atoms with Gasteiger partial charge in [0, 0.05) is 23.5 Å². The largest absolute Gasteiger partial charge is 0.313 e. The Morgan fingerprint density at radius 1 is 1.38 bits per heavy atom. The molecule has 2 N–H and O–H groups in total. The third-order valence-electron chi connectivity index (χ3n) is 3.82. The summed E-state index contributed by atoms with van der Waals surface area (Å²) in [6, 6.07) is 3.65. The molecule has 3 heteroatoms. The van der Waals surface area contributed by atoms with Crippen LogP contribution in [0.25, 0.3) is 0 Å². The van der Waals surface area contributed by atoms with Crippen LogP contribution in [0.1, 0.15) is 42.2 Å². The predicted molar refractivity (Wildman–Crippen MR) is 69.0 cm³/mol. The van der Waals surface area contributed by atoms with Gasteiger partial charge >= 0.3 is 0 Å². The fourth-order valence-electron chi connectivity index (χ4n) is 2.91. The van der Waals surface area contributed by atoms with E-state index >= 15 is 0 Å². The summed E-state index contributed by atoms with van der Waals surface area (Å²) in [5, 5.41) is 9.55. The van der Waals surface area contributed by atoms with Gasteiger partial charge < -0.3 is 10.6 Å². The standard InChI is InChI=1S/C13H20N2S/c1-4-12(11-6-8-16-13(11)5-1)15-9-10-3-2-7-14-10/h6,8,10,12,14-15H,1-5,7,9H2. The van der Waals surface area contributed by atoms with Gasteiger partial charge in [0.1, 0.15) is 0 Å². The summed E-state index contributed by atoms with van der Waals surface area (Å²) >= 11 is 1.93. The maximum absolute atomic E-state index is 3.75. The Morgan fingerprint density at radius 2 is 2.38 bits per heavy atom. The molecular formula is C13H20N2S. The third-order valence-corrected chi connectivity index (χ3v) is 4.82. The van der Waals surface area contributed by atoms with Crippen molar-refractivity contribution in [3.05, 3.63) is 21.9 Å². The van der Waals surface area contributed by atoms with E-state index in [-0.39, 0.29) is 0 Å². The number of hydrogen-bond donors (Lipinski definition) is 2. The molecule has 0 saturated carbocycles. The molecule has 3 rings (SSSR count). The van der Waals surface area contributed by atoms with Gasteiger partial charge in [-0.3, -0.25) is 0 Å². The average Bonchev–Trinajstić information content (AvgIpc) is 2.97. The maximum atomic E-state index is 3.75. The van der Waals surface area contributed by atoms with Crippen molar-refractivity contribution in [3.8, 4) is 0 Å². The van der Waals surface area contributed by atoms with Crippen LogP contribution in [0.3, 0.4) is 0 Å². The van der Waals surface area contributed by atoms with Crippen LogP contribution in [-0.2, 0) is 6.42 Å². The van der Waals surface area contributed by atoms with Crippen molar-refractivity contribution >= 4 is 11.3 Å². The molecule has 2 unspecified atom stereocenters. The molecule has 0 aromatic carbocycles. The summed E-state index contributed by atoms with van der Waals surface area (Å²) in [5.41, 5.74) is 1.58. The SMILES string of the molecule is c1cc2c(s1)CCCC2NCC1CCCN1. The summed E-state index contributed by atoms with van der Waals surface area (Å²) in [7, 11) is 0. The second-order valence-electron chi connectivity index (χ2n) is 4.95. The normalized spacial score (nSPS) is 29.2. The minimum absolute atomic E-state index is 0.623. The van der Waals surface area contributed by atoms with Crippen molar-refractivity contribution in [2.45, 2.75) is 44.2 Å². The molecule has 1 fully saturated rings. The van der Waals surface area contributed by atoms with Crippen molar-refractivity contribution in [3.63, 3.8) is 0 Å². The van der Waals surface area contributed by atoms with Crippen molar-refractivity contribution < 1.29 is 0 Å². The molecule has 1 aliphatic heterocycles. The zero-order valence-electron chi connectivity index (χ0n) is 9.67. The Labute approximate surface area is 101 Å². The highest BCUT2D eigenvalue weighted by atomic mass is 32.1. The highest BCUT2D eigenvalue weighted by Gasteiger charge is 2.22. The molecule has 16 heavy (non-hydrogen) atoms. The van der Waals surface area contributed by atoms with Gasteiger partial charge in [-0.1, -0.05) is 0 Å². The van der Waals surface area contributed by atoms with E-state index in [2.05, 4.69) is 22.1 Å². The molecule has 88 valence electrons. The highest BCUT2D eigenvalue weighted by Crippen LogP contribution is 2.33. The number of thiophene rings is 1. The predicted octanol–water partition coefficient (Wildman–Crippen LogP) is 2.47. The first kappa shape index (κ1) is 10.8. The molecule has 0 radical (unpaired) electrons. The topological polar surface area (TPSA) is 24.1 Å². The summed E-state index contributed by atoms with van der Waals surface area (Å²) in [4.78, 5) is 1.61. The molecule has 2 nitrogen and oxygen atoms in total.